The maximum atomic E-state index is 13.3. The molecule has 1 aromatic carbocycles. The first kappa shape index (κ1) is 28.5. The molecule has 2 aliphatic heterocycles. The Labute approximate surface area is 219 Å². The van der Waals surface area contributed by atoms with Crippen LogP contribution in [0.2, 0.25) is 5.02 Å². The number of likely N-dealkylation sites (N-methyl/N-ethyl adjacent to an activating group) is 1. The summed E-state index contributed by atoms with van der Waals surface area (Å²) in [5.41, 5.74) is 0.971. The van der Waals surface area contributed by atoms with Gasteiger partial charge in [-0.1, -0.05) is 23.7 Å². The van der Waals surface area contributed by atoms with Gasteiger partial charge in [0, 0.05) is 56.4 Å². The first-order valence-corrected chi connectivity index (χ1v) is 13.3. The number of halogens is 1. The summed E-state index contributed by atoms with van der Waals surface area (Å²) in [5.74, 6) is 0.585. The number of carbonyl (C=O) groups is 2. The molecule has 3 N–H and O–H groups in total. The number of methoxy groups -OCH3 is 1. The number of ether oxygens (including phenoxy) is 3. The zero-order valence-corrected chi connectivity index (χ0v) is 22.2. The number of carbonyl (C=O) groups excluding carboxylic acids is 2. The van der Waals surface area contributed by atoms with Gasteiger partial charge in [0.2, 0.25) is 0 Å². The van der Waals surface area contributed by atoms with Crippen LogP contribution in [0.5, 0.6) is 0 Å². The van der Waals surface area contributed by atoms with E-state index in [1.165, 1.54) is 7.11 Å². The molecule has 0 bridgehead atoms. The molecule has 2 fully saturated rings. The van der Waals surface area contributed by atoms with Crippen molar-refractivity contribution in [2.24, 2.45) is 11.8 Å². The van der Waals surface area contributed by atoms with Gasteiger partial charge in [0.1, 0.15) is 0 Å². The highest BCUT2D eigenvalue weighted by Gasteiger charge is 2.32. The van der Waals surface area contributed by atoms with Crippen molar-refractivity contribution in [2.45, 2.75) is 44.2 Å². The number of nitrogens with one attached hydrogen (secondary N) is 3. The highest BCUT2D eigenvalue weighted by Crippen LogP contribution is 2.34. The summed E-state index contributed by atoms with van der Waals surface area (Å²) in [7, 11) is 3.24. The average molecular weight is 525 g/mol. The first-order chi connectivity index (χ1) is 17.5. The lowest BCUT2D eigenvalue weighted by Crippen LogP contribution is -2.52. The number of alkyl carbamates (subject to hydrolysis) is 1. The second kappa shape index (κ2) is 15.2. The number of amides is 3. The van der Waals surface area contributed by atoms with E-state index < -0.39 is 6.09 Å². The number of urea groups is 1. The van der Waals surface area contributed by atoms with Crippen molar-refractivity contribution in [1.29, 1.82) is 0 Å². The Kier molecular flexibility index (Phi) is 12.1. The summed E-state index contributed by atoms with van der Waals surface area (Å²) in [6.07, 6.45) is 4.23. The summed E-state index contributed by atoms with van der Waals surface area (Å²) in [6, 6.07) is 7.67. The van der Waals surface area contributed by atoms with E-state index in [0.717, 1.165) is 57.4 Å². The second-order valence-corrected chi connectivity index (χ2v) is 10.1. The van der Waals surface area contributed by atoms with Gasteiger partial charge in [-0.05, 0) is 62.8 Å². The lowest BCUT2D eigenvalue weighted by Gasteiger charge is -2.38. The number of piperidine rings is 1. The van der Waals surface area contributed by atoms with E-state index in [2.05, 4.69) is 20.7 Å². The molecule has 1 unspecified atom stereocenters. The van der Waals surface area contributed by atoms with Gasteiger partial charge in [-0.15, -0.1) is 0 Å². The summed E-state index contributed by atoms with van der Waals surface area (Å²) in [6.45, 7) is 4.29. The molecule has 0 aromatic heterocycles. The van der Waals surface area contributed by atoms with E-state index in [0.29, 0.717) is 37.2 Å². The first-order valence-electron chi connectivity index (χ1n) is 13.0. The monoisotopic (exact) mass is 524 g/mol. The van der Waals surface area contributed by atoms with Crippen LogP contribution in [0, 0.1) is 11.8 Å². The van der Waals surface area contributed by atoms with Gasteiger partial charge in [-0.2, -0.15) is 0 Å². The van der Waals surface area contributed by atoms with E-state index in [1.54, 1.807) is 0 Å². The zero-order chi connectivity index (χ0) is 25.8. The van der Waals surface area contributed by atoms with Gasteiger partial charge in [0.25, 0.3) is 0 Å². The van der Waals surface area contributed by atoms with Crippen LogP contribution in [0.4, 0.5) is 9.59 Å². The lowest BCUT2D eigenvalue weighted by atomic mass is 9.88. The van der Waals surface area contributed by atoms with Crippen LogP contribution in [0.15, 0.2) is 24.3 Å². The molecule has 4 atom stereocenters. The maximum Gasteiger partial charge on any atom is 0.406 e. The maximum absolute atomic E-state index is 13.3. The number of rotatable bonds is 11. The molecule has 2 saturated heterocycles. The molecule has 3 amide bonds. The Morgan fingerprint density at radius 3 is 2.86 bits per heavy atom. The van der Waals surface area contributed by atoms with Gasteiger partial charge >= 0.3 is 12.1 Å². The van der Waals surface area contributed by atoms with Gasteiger partial charge in [0.15, 0.2) is 0 Å². The van der Waals surface area contributed by atoms with Crippen LogP contribution in [0.3, 0.4) is 0 Å². The number of benzene rings is 1. The normalized spacial score (nSPS) is 21.9. The minimum atomic E-state index is -0.491. The quantitative estimate of drug-likeness (QED) is 0.382. The standard InChI is InChI=1S/C26H41ClN4O5/c1-28-16-23(14-19-6-5-12-35-18-19)30-25(32)31-11-4-8-21(17-31)24(20-7-3-9-22(27)15-20)36-13-10-29-26(33)34-2/h3,7,9,15,19,21,23-24,28H,4-6,8,10-14,16-18H2,1-2H3,(H,29,33)(H,30,32)/t19-,21+,23-,24?/m0/s1. The Morgan fingerprint density at radius 1 is 1.28 bits per heavy atom. The summed E-state index contributed by atoms with van der Waals surface area (Å²) >= 11 is 6.28. The molecule has 0 radical (unpaired) electrons. The van der Waals surface area contributed by atoms with Crippen LogP contribution in [-0.2, 0) is 14.2 Å². The Morgan fingerprint density at radius 2 is 2.14 bits per heavy atom. The third-order valence-electron chi connectivity index (χ3n) is 6.86. The van der Waals surface area contributed by atoms with Crippen LogP contribution in [0.1, 0.15) is 43.8 Å². The van der Waals surface area contributed by atoms with Crippen LogP contribution in [0.25, 0.3) is 0 Å². The summed E-state index contributed by atoms with van der Waals surface area (Å²) < 4.78 is 16.5. The van der Waals surface area contributed by atoms with E-state index >= 15 is 0 Å². The smallest absolute Gasteiger partial charge is 0.406 e. The van der Waals surface area contributed by atoms with Crippen molar-refractivity contribution in [2.75, 3.05) is 60.2 Å². The topological polar surface area (TPSA) is 101 Å². The minimum absolute atomic E-state index is 0.0334. The van der Waals surface area contributed by atoms with Gasteiger partial charge in [0.05, 0.1) is 19.8 Å². The summed E-state index contributed by atoms with van der Waals surface area (Å²) in [5, 5.41) is 9.76. The van der Waals surface area contributed by atoms with Crippen molar-refractivity contribution < 1.29 is 23.8 Å². The Hall–Kier alpha value is -2.07. The molecule has 36 heavy (non-hydrogen) atoms. The minimum Gasteiger partial charge on any atom is -0.453 e. The fourth-order valence-electron chi connectivity index (χ4n) is 5.14. The number of likely N-dealkylation sites (tertiary alicyclic amines) is 1. The predicted octanol–water partition coefficient (Wildman–Crippen LogP) is 3.58. The Balaban J connectivity index is 1.62. The van der Waals surface area contributed by atoms with Crippen molar-refractivity contribution in [3.8, 4) is 0 Å². The van der Waals surface area contributed by atoms with Gasteiger partial charge in [-0.3, -0.25) is 0 Å². The van der Waals surface area contributed by atoms with E-state index in [9.17, 15) is 9.59 Å². The molecular weight excluding hydrogens is 484 g/mol. The van der Waals surface area contributed by atoms with E-state index in [-0.39, 0.29) is 24.1 Å². The summed E-state index contributed by atoms with van der Waals surface area (Å²) in [4.78, 5) is 26.6. The molecule has 0 aliphatic carbocycles. The molecule has 2 aliphatic rings. The SMILES string of the molecule is CNC[C@H](C[C@@H]1CCCOC1)NC(=O)N1CCC[C@@H](C(OCCNC(=O)OC)c2cccc(Cl)c2)C1. The van der Waals surface area contributed by atoms with Crippen LogP contribution in [-0.4, -0.2) is 83.2 Å². The molecule has 2 heterocycles. The van der Waals surface area contributed by atoms with E-state index in [1.807, 2.05) is 36.2 Å². The largest absolute Gasteiger partial charge is 0.453 e. The van der Waals surface area contributed by atoms with Gasteiger partial charge < -0.3 is 35.1 Å². The highest BCUT2D eigenvalue weighted by molar-refractivity contribution is 6.30. The van der Waals surface area contributed by atoms with Crippen molar-refractivity contribution >= 4 is 23.7 Å². The second-order valence-electron chi connectivity index (χ2n) is 9.64. The fraction of sp³-hybridized carbons (Fsp3) is 0.692. The van der Waals surface area contributed by atoms with Crippen molar-refractivity contribution in [3.63, 3.8) is 0 Å². The molecule has 202 valence electrons. The number of hydrogen-bond acceptors (Lipinski definition) is 6. The molecule has 3 rings (SSSR count). The fourth-order valence-corrected chi connectivity index (χ4v) is 5.34. The van der Waals surface area contributed by atoms with Crippen molar-refractivity contribution in [1.82, 2.24) is 20.9 Å². The molecule has 0 spiro atoms. The third-order valence-corrected chi connectivity index (χ3v) is 7.09. The zero-order valence-electron chi connectivity index (χ0n) is 21.5. The van der Waals surface area contributed by atoms with Gasteiger partial charge in [-0.25, -0.2) is 9.59 Å². The predicted molar refractivity (Wildman–Crippen MR) is 139 cm³/mol. The molecule has 9 nitrogen and oxygen atoms in total. The lowest BCUT2D eigenvalue weighted by molar-refractivity contribution is -0.00873. The molecule has 0 saturated carbocycles. The van der Waals surface area contributed by atoms with Crippen LogP contribution >= 0.6 is 11.6 Å². The molecule has 10 heteroatoms. The average Bonchev–Trinajstić information content (AvgIpc) is 2.89. The van der Waals surface area contributed by atoms with Crippen LogP contribution < -0.4 is 16.0 Å². The third kappa shape index (κ3) is 9.10. The number of hydrogen-bond donors (Lipinski definition) is 3. The highest BCUT2D eigenvalue weighted by atomic mass is 35.5. The molecule has 1 aromatic rings. The Bertz CT molecular complexity index is 823. The van der Waals surface area contributed by atoms with Crippen molar-refractivity contribution in [3.05, 3.63) is 34.9 Å². The van der Waals surface area contributed by atoms with E-state index in [4.69, 9.17) is 21.1 Å². The number of nitrogens with zero attached hydrogens (tertiary/aromatic N) is 1. The molecular formula is C26H41ClN4O5.